The fourth-order valence-corrected chi connectivity index (χ4v) is 3.11. The molecule has 0 aromatic carbocycles. The molecular weight excluding hydrogens is 304 g/mol. The third-order valence-electron chi connectivity index (χ3n) is 4.10. The molecule has 2 unspecified atom stereocenters. The average molecular weight is 329 g/mol. The molecule has 19 heavy (non-hydrogen) atoms. The van der Waals surface area contributed by atoms with E-state index in [1.807, 2.05) is 6.20 Å². The van der Waals surface area contributed by atoms with Gasteiger partial charge in [-0.2, -0.15) is 5.10 Å². The Hall–Kier alpha value is -0.390. The van der Waals surface area contributed by atoms with E-state index in [0.29, 0.717) is 0 Å². The van der Waals surface area contributed by atoms with Crippen molar-refractivity contribution in [3.8, 4) is 0 Å². The van der Waals surface area contributed by atoms with Gasteiger partial charge in [0.1, 0.15) is 0 Å². The molecular formula is C14H25BrN4. The van der Waals surface area contributed by atoms with E-state index in [1.165, 1.54) is 18.7 Å². The Morgan fingerprint density at radius 1 is 1.53 bits per heavy atom. The molecule has 1 aromatic rings. The molecule has 108 valence electrons. The first-order valence-corrected chi connectivity index (χ1v) is 7.93. The van der Waals surface area contributed by atoms with Gasteiger partial charge in [-0.3, -0.25) is 4.68 Å². The van der Waals surface area contributed by atoms with Crippen molar-refractivity contribution in [2.45, 2.75) is 26.3 Å². The maximum atomic E-state index is 4.50. The SMILES string of the molecule is CC1CCNCC1Cc1c(Br)cnn1CCN(C)C. The zero-order valence-electron chi connectivity index (χ0n) is 12.2. The molecule has 1 aliphatic heterocycles. The Morgan fingerprint density at radius 3 is 3.00 bits per heavy atom. The first-order valence-electron chi connectivity index (χ1n) is 7.13. The lowest BCUT2D eigenvalue weighted by Crippen LogP contribution is -2.37. The van der Waals surface area contributed by atoms with E-state index in [4.69, 9.17) is 0 Å². The van der Waals surface area contributed by atoms with Crippen LogP contribution in [0.2, 0.25) is 0 Å². The van der Waals surface area contributed by atoms with E-state index in [1.54, 1.807) is 0 Å². The highest BCUT2D eigenvalue weighted by Gasteiger charge is 2.23. The van der Waals surface area contributed by atoms with Crippen LogP contribution in [0.4, 0.5) is 0 Å². The first kappa shape index (κ1) is 15.0. The second-order valence-corrected chi connectivity index (χ2v) is 6.75. The maximum absolute atomic E-state index is 4.50. The molecule has 0 saturated carbocycles. The monoisotopic (exact) mass is 328 g/mol. The predicted molar refractivity (Wildman–Crippen MR) is 82.3 cm³/mol. The number of nitrogens with one attached hydrogen (secondary N) is 1. The Balaban J connectivity index is 2.03. The van der Waals surface area contributed by atoms with Gasteiger partial charge in [0.25, 0.3) is 0 Å². The summed E-state index contributed by atoms with van der Waals surface area (Å²) in [5.74, 6) is 1.52. The minimum absolute atomic E-state index is 0.722. The van der Waals surface area contributed by atoms with Gasteiger partial charge in [0, 0.05) is 6.54 Å². The summed E-state index contributed by atoms with van der Waals surface area (Å²) in [6.45, 7) is 6.66. The van der Waals surface area contributed by atoms with Gasteiger partial charge in [-0.25, -0.2) is 0 Å². The van der Waals surface area contributed by atoms with Crippen molar-refractivity contribution in [3.63, 3.8) is 0 Å². The Bertz CT molecular complexity index is 402. The fraction of sp³-hybridized carbons (Fsp3) is 0.786. The second-order valence-electron chi connectivity index (χ2n) is 5.90. The van der Waals surface area contributed by atoms with Crippen LogP contribution in [0.25, 0.3) is 0 Å². The molecule has 4 nitrogen and oxygen atoms in total. The lowest BCUT2D eigenvalue weighted by molar-refractivity contribution is 0.266. The summed E-state index contributed by atoms with van der Waals surface area (Å²) in [7, 11) is 4.21. The molecule has 1 fully saturated rings. The van der Waals surface area contributed by atoms with Crippen LogP contribution in [0, 0.1) is 11.8 Å². The van der Waals surface area contributed by atoms with Gasteiger partial charge < -0.3 is 10.2 Å². The summed E-state index contributed by atoms with van der Waals surface area (Å²) < 4.78 is 3.31. The Morgan fingerprint density at radius 2 is 2.32 bits per heavy atom. The number of nitrogens with zero attached hydrogens (tertiary/aromatic N) is 3. The quantitative estimate of drug-likeness (QED) is 0.897. The molecule has 5 heteroatoms. The molecule has 0 aliphatic carbocycles. The third-order valence-corrected chi connectivity index (χ3v) is 4.76. The second kappa shape index (κ2) is 6.86. The van der Waals surface area contributed by atoms with Crippen LogP contribution in [0.1, 0.15) is 19.0 Å². The van der Waals surface area contributed by atoms with Crippen LogP contribution >= 0.6 is 15.9 Å². The number of piperidine rings is 1. The van der Waals surface area contributed by atoms with E-state index in [-0.39, 0.29) is 0 Å². The zero-order valence-corrected chi connectivity index (χ0v) is 13.8. The summed E-state index contributed by atoms with van der Waals surface area (Å²) in [6, 6.07) is 0. The van der Waals surface area contributed by atoms with Crippen LogP contribution in [-0.2, 0) is 13.0 Å². The Labute approximate surface area is 124 Å². The number of rotatable bonds is 5. The molecule has 1 saturated heterocycles. The summed E-state index contributed by atoms with van der Waals surface area (Å²) in [5, 5.41) is 8.01. The van der Waals surface area contributed by atoms with Gasteiger partial charge in [-0.1, -0.05) is 6.92 Å². The molecule has 2 rings (SSSR count). The third kappa shape index (κ3) is 4.04. The van der Waals surface area contributed by atoms with Gasteiger partial charge in [0.15, 0.2) is 0 Å². The summed E-state index contributed by atoms with van der Waals surface area (Å²) in [4.78, 5) is 2.20. The highest BCUT2D eigenvalue weighted by Crippen LogP contribution is 2.26. The van der Waals surface area contributed by atoms with Gasteiger partial charge in [-0.15, -0.1) is 0 Å². The molecule has 2 atom stereocenters. The average Bonchev–Trinajstić information content (AvgIpc) is 2.71. The van der Waals surface area contributed by atoms with E-state index in [2.05, 4.69) is 56.9 Å². The molecule has 1 N–H and O–H groups in total. The highest BCUT2D eigenvalue weighted by molar-refractivity contribution is 9.10. The van der Waals surface area contributed by atoms with Crippen molar-refractivity contribution in [1.29, 1.82) is 0 Å². The predicted octanol–water partition coefficient (Wildman–Crippen LogP) is 2.00. The van der Waals surface area contributed by atoms with Gasteiger partial charge in [-0.05, 0) is 67.8 Å². The lowest BCUT2D eigenvalue weighted by Gasteiger charge is -2.29. The Kier molecular flexibility index (Phi) is 5.42. The van der Waals surface area contributed by atoms with Gasteiger partial charge in [0.05, 0.1) is 22.9 Å². The van der Waals surface area contributed by atoms with E-state index in [9.17, 15) is 0 Å². The number of halogens is 1. The molecule has 0 spiro atoms. The van der Waals surface area contributed by atoms with Gasteiger partial charge >= 0.3 is 0 Å². The number of likely N-dealkylation sites (N-methyl/N-ethyl adjacent to an activating group) is 1. The number of hydrogen-bond acceptors (Lipinski definition) is 3. The molecule has 0 amide bonds. The number of aromatic nitrogens is 2. The zero-order chi connectivity index (χ0) is 13.8. The molecule has 1 aromatic heterocycles. The van der Waals surface area contributed by atoms with Crippen LogP contribution in [-0.4, -0.2) is 48.4 Å². The summed E-state index contributed by atoms with van der Waals surface area (Å²) in [5.41, 5.74) is 1.35. The van der Waals surface area contributed by atoms with Crippen molar-refractivity contribution in [2.24, 2.45) is 11.8 Å². The van der Waals surface area contributed by atoms with Crippen LogP contribution < -0.4 is 5.32 Å². The van der Waals surface area contributed by atoms with E-state index in [0.717, 1.165) is 42.4 Å². The van der Waals surface area contributed by atoms with Gasteiger partial charge in [0.2, 0.25) is 0 Å². The van der Waals surface area contributed by atoms with E-state index < -0.39 is 0 Å². The number of hydrogen-bond donors (Lipinski definition) is 1. The van der Waals surface area contributed by atoms with Crippen molar-refractivity contribution in [2.75, 3.05) is 33.7 Å². The molecule has 1 aliphatic rings. The minimum Gasteiger partial charge on any atom is -0.316 e. The van der Waals surface area contributed by atoms with E-state index >= 15 is 0 Å². The van der Waals surface area contributed by atoms with Crippen LogP contribution in [0.3, 0.4) is 0 Å². The van der Waals surface area contributed by atoms with Crippen LogP contribution in [0.5, 0.6) is 0 Å². The summed E-state index contributed by atoms with van der Waals surface area (Å²) in [6.07, 6.45) is 4.34. The summed E-state index contributed by atoms with van der Waals surface area (Å²) >= 11 is 3.65. The van der Waals surface area contributed by atoms with Crippen molar-refractivity contribution >= 4 is 15.9 Å². The molecule has 0 bridgehead atoms. The lowest BCUT2D eigenvalue weighted by atomic mass is 9.85. The normalized spacial score (nSPS) is 24.1. The largest absolute Gasteiger partial charge is 0.316 e. The topological polar surface area (TPSA) is 33.1 Å². The van der Waals surface area contributed by atoms with Crippen LogP contribution in [0.15, 0.2) is 10.7 Å². The smallest absolute Gasteiger partial charge is 0.0635 e. The van der Waals surface area contributed by atoms with Crippen molar-refractivity contribution in [3.05, 3.63) is 16.4 Å². The molecule has 2 heterocycles. The standard InChI is InChI=1S/C14H25BrN4/c1-11-4-5-16-9-12(11)8-14-13(15)10-17-19(14)7-6-18(2)3/h10-12,16H,4-9H2,1-3H3. The molecule has 0 radical (unpaired) electrons. The first-order chi connectivity index (χ1) is 9.08. The minimum atomic E-state index is 0.722. The van der Waals surface area contributed by atoms with Crippen molar-refractivity contribution in [1.82, 2.24) is 20.0 Å². The fourth-order valence-electron chi connectivity index (χ4n) is 2.65. The maximum Gasteiger partial charge on any atom is 0.0635 e. The highest BCUT2D eigenvalue weighted by atomic mass is 79.9. The van der Waals surface area contributed by atoms with Crippen molar-refractivity contribution < 1.29 is 0 Å².